The lowest BCUT2D eigenvalue weighted by molar-refractivity contribution is 0.116. The van der Waals surface area contributed by atoms with Gasteiger partial charge in [0.25, 0.3) is 0 Å². The Kier molecular flexibility index (Phi) is 4.76. The first-order chi connectivity index (χ1) is 7.86. The summed E-state index contributed by atoms with van der Waals surface area (Å²) in [7, 11) is 0. The van der Waals surface area contributed by atoms with E-state index in [4.69, 9.17) is 0 Å². The smallest absolute Gasteiger partial charge is 0.0585 e. The van der Waals surface area contributed by atoms with Gasteiger partial charge in [-0.1, -0.05) is 50.1 Å². The molecule has 0 amide bonds. The molecule has 1 aliphatic carbocycles. The summed E-state index contributed by atoms with van der Waals surface area (Å²) in [5, 5.41) is 9.82. The highest BCUT2D eigenvalue weighted by Crippen LogP contribution is 2.40. The van der Waals surface area contributed by atoms with Crippen molar-refractivity contribution >= 4 is 0 Å². The molecule has 0 saturated heterocycles. The molecule has 1 rings (SSSR count). The molecular weight excluding hydrogens is 208 g/mol. The zero-order valence-corrected chi connectivity index (χ0v) is 11.9. The molecule has 1 aliphatic rings. The Morgan fingerprint density at radius 2 is 2.12 bits per heavy atom. The fourth-order valence-corrected chi connectivity index (χ4v) is 2.78. The van der Waals surface area contributed by atoms with Crippen LogP contribution in [0.1, 0.15) is 53.9 Å². The summed E-state index contributed by atoms with van der Waals surface area (Å²) >= 11 is 0. The van der Waals surface area contributed by atoms with Crippen LogP contribution in [-0.4, -0.2) is 11.2 Å². The number of hydrogen-bond donors (Lipinski definition) is 1. The second kappa shape index (κ2) is 5.68. The summed E-state index contributed by atoms with van der Waals surface area (Å²) in [5.74, 6) is 0. The third-order valence-electron chi connectivity index (χ3n) is 3.52. The molecule has 1 heteroatoms. The van der Waals surface area contributed by atoms with E-state index in [0.29, 0.717) is 0 Å². The Morgan fingerprint density at radius 3 is 2.65 bits per heavy atom. The van der Waals surface area contributed by atoms with Crippen molar-refractivity contribution in [1.82, 2.24) is 0 Å². The van der Waals surface area contributed by atoms with E-state index in [1.54, 1.807) is 0 Å². The molecule has 0 aromatic rings. The molecular formula is C16H26O. The molecule has 0 unspecified atom stereocenters. The van der Waals surface area contributed by atoms with Gasteiger partial charge >= 0.3 is 0 Å². The van der Waals surface area contributed by atoms with Crippen LogP contribution in [0.3, 0.4) is 0 Å². The Hall–Kier alpha value is -0.820. The van der Waals surface area contributed by atoms with Gasteiger partial charge in [0.1, 0.15) is 0 Å². The molecule has 0 aliphatic heterocycles. The van der Waals surface area contributed by atoms with Gasteiger partial charge < -0.3 is 5.11 Å². The Morgan fingerprint density at radius 1 is 1.47 bits per heavy atom. The van der Waals surface area contributed by atoms with Crippen LogP contribution < -0.4 is 0 Å². The van der Waals surface area contributed by atoms with Crippen molar-refractivity contribution in [3.8, 4) is 0 Å². The molecule has 0 saturated carbocycles. The number of allylic oxidation sites excluding steroid dienone is 5. The van der Waals surface area contributed by atoms with Crippen molar-refractivity contribution < 1.29 is 5.11 Å². The van der Waals surface area contributed by atoms with Crippen molar-refractivity contribution in [2.75, 3.05) is 0 Å². The fourth-order valence-electron chi connectivity index (χ4n) is 2.78. The van der Waals surface area contributed by atoms with Crippen LogP contribution in [0.2, 0.25) is 0 Å². The van der Waals surface area contributed by atoms with E-state index in [0.717, 1.165) is 19.3 Å². The maximum absolute atomic E-state index is 9.82. The minimum atomic E-state index is -0.172. The first-order valence-corrected chi connectivity index (χ1v) is 6.60. The van der Waals surface area contributed by atoms with Crippen molar-refractivity contribution in [2.24, 2.45) is 5.41 Å². The minimum Gasteiger partial charge on any atom is -0.393 e. The summed E-state index contributed by atoms with van der Waals surface area (Å²) in [6.45, 7) is 10.9. The SMILES string of the molecule is CC/C=C(C)/C=C/C1=C(C)C[C@H](O)CC1(C)C. The molecule has 1 nitrogen and oxygen atoms in total. The summed E-state index contributed by atoms with van der Waals surface area (Å²) in [6, 6.07) is 0. The van der Waals surface area contributed by atoms with E-state index in [1.807, 2.05) is 0 Å². The zero-order chi connectivity index (χ0) is 13.1. The number of rotatable bonds is 3. The van der Waals surface area contributed by atoms with E-state index < -0.39 is 0 Å². The van der Waals surface area contributed by atoms with Crippen LogP contribution in [0.25, 0.3) is 0 Å². The van der Waals surface area contributed by atoms with Crippen LogP contribution in [-0.2, 0) is 0 Å². The van der Waals surface area contributed by atoms with Gasteiger partial charge in [-0.25, -0.2) is 0 Å². The topological polar surface area (TPSA) is 20.2 Å². The molecule has 1 atom stereocenters. The highest BCUT2D eigenvalue weighted by Gasteiger charge is 2.31. The van der Waals surface area contributed by atoms with Crippen LogP contribution in [0.15, 0.2) is 34.9 Å². The molecule has 0 radical (unpaired) electrons. The molecule has 0 bridgehead atoms. The molecule has 0 fully saturated rings. The molecule has 0 heterocycles. The van der Waals surface area contributed by atoms with Gasteiger partial charge in [0, 0.05) is 0 Å². The van der Waals surface area contributed by atoms with E-state index in [1.165, 1.54) is 16.7 Å². The monoisotopic (exact) mass is 234 g/mol. The van der Waals surface area contributed by atoms with Crippen LogP contribution in [0.4, 0.5) is 0 Å². The quantitative estimate of drug-likeness (QED) is 0.718. The third kappa shape index (κ3) is 3.85. The third-order valence-corrected chi connectivity index (χ3v) is 3.52. The molecule has 0 spiro atoms. The fraction of sp³-hybridized carbons (Fsp3) is 0.625. The normalized spacial score (nSPS) is 25.8. The lowest BCUT2D eigenvalue weighted by Gasteiger charge is -2.35. The van der Waals surface area contributed by atoms with E-state index in [9.17, 15) is 5.11 Å². The van der Waals surface area contributed by atoms with Gasteiger partial charge in [-0.05, 0) is 44.1 Å². The number of aliphatic hydroxyl groups excluding tert-OH is 1. The van der Waals surface area contributed by atoms with Gasteiger partial charge in [0.2, 0.25) is 0 Å². The van der Waals surface area contributed by atoms with E-state index in [2.05, 4.69) is 52.8 Å². The summed E-state index contributed by atoms with van der Waals surface area (Å²) < 4.78 is 0. The Balaban J connectivity index is 2.95. The van der Waals surface area contributed by atoms with Gasteiger partial charge in [-0.3, -0.25) is 0 Å². The Labute approximate surface area is 106 Å². The lowest BCUT2D eigenvalue weighted by Crippen LogP contribution is -2.28. The average molecular weight is 234 g/mol. The molecule has 17 heavy (non-hydrogen) atoms. The lowest BCUT2D eigenvalue weighted by atomic mass is 9.71. The number of hydrogen-bond acceptors (Lipinski definition) is 1. The van der Waals surface area contributed by atoms with Crippen LogP contribution in [0.5, 0.6) is 0 Å². The highest BCUT2D eigenvalue weighted by molar-refractivity contribution is 5.36. The van der Waals surface area contributed by atoms with Crippen molar-refractivity contribution in [2.45, 2.75) is 60.0 Å². The van der Waals surface area contributed by atoms with E-state index in [-0.39, 0.29) is 11.5 Å². The molecule has 1 N–H and O–H groups in total. The van der Waals surface area contributed by atoms with E-state index >= 15 is 0 Å². The van der Waals surface area contributed by atoms with Gasteiger partial charge in [0.15, 0.2) is 0 Å². The second-order valence-electron chi connectivity index (χ2n) is 5.83. The standard InChI is InChI=1S/C16H26O/c1-6-7-12(2)8-9-15-13(3)10-14(17)11-16(15,4)5/h7-9,14,17H,6,10-11H2,1-5H3/b9-8+,12-7+/t14-/m0/s1. The maximum atomic E-state index is 9.82. The summed E-state index contributed by atoms with van der Waals surface area (Å²) in [5.41, 5.74) is 4.13. The second-order valence-corrected chi connectivity index (χ2v) is 5.83. The summed E-state index contributed by atoms with van der Waals surface area (Å²) in [6.07, 6.45) is 9.26. The first kappa shape index (κ1) is 14.2. The minimum absolute atomic E-state index is 0.0880. The van der Waals surface area contributed by atoms with Crippen molar-refractivity contribution in [3.05, 3.63) is 34.9 Å². The average Bonchev–Trinajstić information content (AvgIpc) is 2.14. The highest BCUT2D eigenvalue weighted by atomic mass is 16.3. The largest absolute Gasteiger partial charge is 0.393 e. The molecule has 0 aromatic heterocycles. The van der Waals surface area contributed by atoms with Crippen LogP contribution in [0, 0.1) is 5.41 Å². The van der Waals surface area contributed by atoms with Gasteiger partial charge in [-0.15, -0.1) is 0 Å². The molecule has 0 aromatic carbocycles. The molecule has 96 valence electrons. The van der Waals surface area contributed by atoms with Crippen LogP contribution >= 0.6 is 0 Å². The van der Waals surface area contributed by atoms with Gasteiger partial charge in [0.05, 0.1) is 6.10 Å². The predicted molar refractivity (Wildman–Crippen MR) is 74.9 cm³/mol. The summed E-state index contributed by atoms with van der Waals surface area (Å²) in [4.78, 5) is 0. The Bertz CT molecular complexity index is 356. The maximum Gasteiger partial charge on any atom is 0.0585 e. The number of aliphatic hydroxyl groups is 1. The van der Waals surface area contributed by atoms with Crippen molar-refractivity contribution in [3.63, 3.8) is 0 Å². The first-order valence-electron chi connectivity index (χ1n) is 6.60. The predicted octanol–water partition coefficient (Wildman–Crippen LogP) is 4.40. The van der Waals surface area contributed by atoms with Crippen molar-refractivity contribution in [1.29, 1.82) is 0 Å². The van der Waals surface area contributed by atoms with Gasteiger partial charge in [-0.2, -0.15) is 0 Å². The zero-order valence-electron chi connectivity index (χ0n) is 11.9.